The summed E-state index contributed by atoms with van der Waals surface area (Å²) in [5.74, 6) is 0.0337. The van der Waals surface area contributed by atoms with E-state index in [-0.39, 0.29) is 24.0 Å². The molecule has 0 fully saturated rings. The molecule has 0 saturated carbocycles. The van der Waals surface area contributed by atoms with Crippen LogP contribution in [0.2, 0.25) is 0 Å². The van der Waals surface area contributed by atoms with Crippen LogP contribution in [0, 0.1) is 0 Å². The van der Waals surface area contributed by atoms with E-state index in [9.17, 15) is 4.79 Å². The van der Waals surface area contributed by atoms with Gasteiger partial charge in [-0.1, -0.05) is 30.3 Å². The number of amides is 1. The summed E-state index contributed by atoms with van der Waals surface area (Å²) in [6, 6.07) is 10.0. The van der Waals surface area contributed by atoms with Crippen LogP contribution in [-0.2, 0) is 17.8 Å². The molecule has 1 aromatic carbocycles. The van der Waals surface area contributed by atoms with Gasteiger partial charge in [-0.15, -0.1) is 0 Å². The lowest BCUT2D eigenvalue weighted by Gasteiger charge is -2.27. The maximum atomic E-state index is 12.6. The van der Waals surface area contributed by atoms with Crippen LogP contribution in [0.3, 0.4) is 0 Å². The Morgan fingerprint density at radius 3 is 2.80 bits per heavy atom. The van der Waals surface area contributed by atoms with E-state index in [1.165, 1.54) is 11.3 Å². The fraction of sp³-hybridized carbons (Fsp3) is 0.500. The Balaban J connectivity index is 1.62. The lowest BCUT2D eigenvalue weighted by Crippen LogP contribution is -2.45. The van der Waals surface area contributed by atoms with Gasteiger partial charge in [0.25, 0.3) is 0 Å². The third kappa shape index (κ3) is 3.93. The Labute approximate surface area is 149 Å². The molecule has 1 aliphatic carbocycles. The monoisotopic (exact) mass is 340 g/mol. The lowest BCUT2D eigenvalue weighted by molar-refractivity contribution is -0.123. The van der Waals surface area contributed by atoms with Gasteiger partial charge in [-0.2, -0.15) is 5.10 Å². The highest BCUT2D eigenvalue weighted by molar-refractivity contribution is 5.81. The average molecular weight is 340 g/mol. The topological polar surface area (TPSA) is 59.0 Å². The third-order valence-electron chi connectivity index (χ3n) is 5.07. The zero-order chi connectivity index (χ0) is 17.8. The number of nitrogens with zero attached hydrogens (tertiary/aromatic N) is 2. The summed E-state index contributed by atoms with van der Waals surface area (Å²) in [4.78, 5) is 12.6. The van der Waals surface area contributed by atoms with Crippen molar-refractivity contribution in [2.75, 3.05) is 0 Å². The average Bonchev–Trinajstić information content (AvgIpc) is 3.06. The SMILES string of the molecule is CCn1ncc2c1CCC[C@@H]2N[C@@H](C)C(=O)N[C@H](C)c1ccccc1. The summed E-state index contributed by atoms with van der Waals surface area (Å²) in [7, 11) is 0. The summed E-state index contributed by atoms with van der Waals surface area (Å²) in [6.07, 6.45) is 5.22. The smallest absolute Gasteiger partial charge is 0.237 e. The first-order valence-corrected chi connectivity index (χ1v) is 9.26. The molecule has 0 unspecified atom stereocenters. The molecule has 2 N–H and O–H groups in total. The Kier molecular flexibility index (Phi) is 5.53. The van der Waals surface area contributed by atoms with Gasteiger partial charge in [0.05, 0.1) is 18.3 Å². The number of nitrogens with one attached hydrogen (secondary N) is 2. The van der Waals surface area contributed by atoms with Crippen LogP contribution in [0.15, 0.2) is 36.5 Å². The minimum Gasteiger partial charge on any atom is -0.348 e. The molecular weight excluding hydrogens is 312 g/mol. The highest BCUT2D eigenvalue weighted by Crippen LogP contribution is 2.30. The molecular formula is C20H28N4O. The van der Waals surface area contributed by atoms with E-state index in [2.05, 4.69) is 27.3 Å². The number of hydrogen-bond acceptors (Lipinski definition) is 3. The van der Waals surface area contributed by atoms with Gasteiger partial charge in [-0.05, 0) is 45.6 Å². The largest absolute Gasteiger partial charge is 0.348 e. The molecule has 1 heterocycles. The molecule has 0 bridgehead atoms. The van der Waals surface area contributed by atoms with Gasteiger partial charge >= 0.3 is 0 Å². The second kappa shape index (κ2) is 7.83. The van der Waals surface area contributed by atoms with Crippen molar-refractivity contribution in [3.05, 3.63) is 53.3 Å². The van der Waals surface area contributed by atoms with Crippen molar-refractivity contribution < 1.29 is 4.79 Å². The quantitative estimate of drug-likeness (QED) is 0.849. The van der Waals surface area contributed by atoms with Crippen LogP contribution in [0.4, 0.5) is 0 Å². The second-order valence-electron chi connectivity index (χ2n) is 6.84. The Morgan fingerprint density at radius 1 is 1.32 bits per heavy atom. The molecule has 0 saturated heterocycles. The molecule has 3 rings (SSSR count). The van der Waals surface area contributed by atoms with Gasteiger partial charge in [0.15, 0.2) is 0 Å². The fourth-order valence-electron chi connectivity index (χ4n) is 3.61. The lowest BCUT2D eigenvalue weighted by atomic mass is 9.92. The van der Waals surface area contributed by atoms with Gasteiger partial charge in [0, 0.05) is 23.8 Å². The number of rotatable bonds is 6. The second-order valence-corrected chi connectivity index (χ2v) is 6.84. The highest BCUT2D eigenvalue weighted by atomic mass is 16.2. The molecule has 5 heteroatoms. The summed E-state index contributed by atoms with van der Waals surface area (Å²) in [5.41, 5.74) is 3.69. The van der Waals surface area contributed by atoms with Crippen LogP contribution < -0.4 is 10.6 Å². The van der Waals surface area contributed by atoms with Crippen LogP contribution in [0.1, 0.15) is 62.5 Å². The molecule has 3 atom stereocenters. The molecule has 25 heavy (non-hydrogen) atoms. The molecule has 0 radical (unpaired) electrons. The normalized spacial score (nSPS) is 19.1. The van der Waals surface area contributed by atoms with E-state index in [0.717, 1.165) is 31.4 Å². The van der Waals surface area contributed by atoms with Crippen LogP contribution in [0.5, 0.6) is 0 Å². The van der Waals surface area contributed by atoms with E-state index >= 15 is 0 Å². The van der Waals surface area contributed by atoms with Crippen molar-refractivity contribution in [2.24, 2.45) is 0 Å². The van der Waals surface area contributed by atoms with Crippen molar-refractivity contribution >= 4 is 5.91 Å². The summed E-state index contributed by atoms with van der Waals surface area (Å²) < 4.78 is 2.07. The van der Waals surface area contributed by atoms with Gasteiger partial charge in [-0.3, -0.25) is 14.8 Å². The van der Waals surface area contributed by atoms with E-state index in [1.54, 1.807) is 0 Å². The minimum absolute atomic E-state index is 0.00251. The standard InChI is InChI=1S/C20H28N4O/c1-4-24-19-12-8-11-18(17(19)13-21-24)22-15(3)20(25)23-14(2)16-9-6-5-7-10-16/h5-7,9-10,13-15,18,22H,4,8,11-12H2,1-3H3,(H,23,25)/t14-,15+,18+/m1/s1. The van der Waals surface area contributed by atoms with Crippen LogP contribution >= 0.6 is 0 Å². The molecule has 2 aromatic rings. The number of fused-ring (bicyclic) bond motifs is 1. The first-order chi connectivity index (χ1) is 12.1. The first-order valence-electron chi connectivity index (χ1n) is 9.26. The van der Waals surface area contributed by atoms with E-state index < -0.39 is 0 Å². The van der Waals surface area contributed by atoms with Gasteiger partial charge in [0.1, 0.15) is 0 Å². The molecule has 0 aliphatic heterocycles. The van der Waals surface area contributed by atoms with Gasteiger partial charge < -0.3 is 5.32 Å². The van der Waals surface area contributed by atoms with Gasteiger partial charge in [-0.25, -0.2) is 0 Å². The van der Waals surface area contributed by atoms with E-state index in [0.29, 0.717) is 0 Å². The summed E-state index contributed by atoms with van der Waals surface area (Å²) in [6.45, 7) is 6.97. The van der Waals surface area contributed by atoms with E-state index in [4.69, 9.17) is 0 Å². The summed E-state index contributed by atoms with van der Waals surface area (Å²) >= 11 is 0. The van der Waals surface area contributed by atoms with Crippen molar-refractivity contribution in [3.8, 4) is 0 Å². The zero-order valence-electron chi connectivity index (χ0n) is 15.3. The number of carbonyl (C=O) groups is 1. The molecule has 134 valence electrons. The number of aromatic nitrogens is 2. The number of carbonyl (C=O) groups excluding carboxylic acids is 1. The molecule has 1 aromatic heterocycles. The van der Waals surface area contributed by atoms with Crippen molar-refractivity contribution in [1.82, 2.24) is 20.4 Å². The molecule has 1 amide bonds. The number of aryl methyl sites for hydroxylation is 1. The predicted molar refractivity (Wildman–Crippen MR) is 99.2 cm³/mol. The van der Waals surface area contributed by atoms with Crippen molar-refractivity contribution in [1.29, 1.82) is 0 Å². The predicted octanol–water partition coefficient (Wildman–Crippen LogP) is 3.14. The Morgan fingerprint density at radius 2 is 2.08 bits per heavy atom. The first kappa shape index (κ1) is 17.7. The fourth-order valence-corrected chi connectivity index (χ4v) is 3.61. The molecule has 5 nitrogen and oxygen atoms in total. The van der Waals surface area contributed by atoms with Gasteiger partial charge in [0.2, 0.25) is 5.91 Å². The maximum absolute atomic E-state index is 12.6. The molecule has 0 spiro atoms. The minimum atomic E-state index is -0.243. The Bertz CT molecular complexity index is 710. The van der Waals surface area contributed by atoms with Crippen molar-refractivity contribution in [2.45, 2.75) is 64.7 Å². The number of hydrogen-bond donors (Lipinski definition) is 2. The van der Waals surface area contributed by atoms with Crippen molar-refractivity contribution in [3.63, 3.8) is 0 Å². The van der Waals surface area contributed by atoms with Crippen LogP contribution in [-0.4, -0.2) is 21.7 Å². The highest BCUT2D eigenvalue weighted by Gasteiger charge is 2.27. The van der Waals surface area contributed by atoms with Crippen LogP contribution in [0.25, 0.3) is 0 Å². The molecule has 1 aliphatic rings. The zero-order valence-corrected chi connectivity index (χ0v) is 15.3. The summed E-state index contributed by atoms with van der Waals surface area (Å²) in [5, 5.41) is 11.1. The maximum Gasteiger partial charge on any atom is 0.237 e. The number of benzene rings is 1. The Hall–Kier alpha value is -2.14. The third-order valence-corrected chi connectivity index (χ3v) is 5.07. The van der Waals surface area contributed by atoms with E-state index in [1.807, 2.05) is 50.4 Å².